The largest absolute Gasteiger partial charge is 0.495 e. The highest BCUT2D eigenvalue weighted by molar-refractivity contribution is 7.89. The average Bonchev–Trinajstić information content (AvgIpc) is 3.19. The number of para-hydroxylation sites is 1. The van der Waals surface area contributed by atoms with Gasteiger partial charge in [-0.1, -0.05) is 23.8 Å². The van der Waals surface area contributed by atoms with Crippen molar-refractivity contribution in [2.24, 2.45) is 4.99 Å². The molecule has 3 aromatic rings. The predicted octanol–water partition coefficient (Wildman–Crippen LogP) is 3.66. The highest BCUT2D eigenvalue weighted by Gasteiger charge is 2.30. The van der Waals surface area contributed by atoms with Crippen LogP contribution >= 0.6 is 11.3 Å². The number of carbonyl (C=O) groups excluding carboxylic acids is 1. The Morgan fingerprint density at radius 3 is 2.59 bits per heavy atom. The van der Waals surface area contributed by atoms with E-state index in [0.29, 0.717) is 35.8 Å². The molecule has 0 bridgehead atoms. The second-order valence-electron chi connectivity index (χ2n) is 8.24. The molecule has 1 unspecified atom stereocenters. The number of carbonyl (C=O) groups is 1. The number of piperidine rings is 1. The fourth-order valence-electron chi connectivity index (χ4n) is 4.22. The molecule has 1 aliphatic heterocycles. The Bertz CT molecular complexity index is 1340. The van der Waals surface area contributed by atoms with Crippen LogP contribution in [0, 0.1) is 0 Å². The normalized spacial score (nSPS) is 17.9. The highest BCUT2D eigenvalue weighted by Crippen LogP contribution is 2.28. The number of ether oxygens (including phenoxy) is 2. The van der Waals surface area contributed by atoms with Gasteiger partial charge >= 0.3 is 0 Å². The number of amides is 1. The number of sulfonamides is 1. The van der Waals surface area contributed by atoms with Crippen molar-refractivity contribution >= 4 is 37.5 Å². The van der Waals surface area contributed by atoms with Crippen LogP contribution in [-0.4, -0.2) is 56.6 Å². The van der Waals surface area contributed by atoms with Crippen LogP contribution in [0.15, 0.2) is 52.4 Å². The van der Waals surface area contributed by atoms with Gasteiger partial charge in [0.15, 0.2) is 4.80 Å². The Kier molecular flexibility index (Phi) is 7.51. The minimum atomic E-state index is -3.59. The SMILES string of the molecule is COCCn1c(=NC(=O)c2ccc(S(=O)(=O)N3CCCCC3C)cc2)sc2cccc(OC)c21. The number of methoxy groups -OCH3 is 2. The van der Waals surface area contributed by atoms with E-state index in [1.807, 2.05) is 29.7 Å². The molecule has 34 heavy (non-hydrogen) atoms. The van der Waals surface area contributed by atoms with Crippen LogP contribution in [0.3, 0.4) is 0 Å². The maximum Gasteiger partial charge on any atom is 0.279 e. The summed E-state index contributed by atoms with van der Waals surface area (Å²) >= 11 is 1.39. The number of thiazole rings is 1. The van der Waals surface area contributed by atoms with E-state index in [9.17, 15) is 13.2 Å². The number of hydrogen-bond donors (Lipinski definition) is 0. The summed E-state index contributed by atoms with van der Waals surface area (Å²) in [6, 6.07) is 11.7. The standard InChI is InChI=1S/C24H29N3O5S2/c1-17-7-4-5-14-27(17)34(29,30)19-12-10-18(11-13-19)23(28)25-24-26(15-16-31-2)22-20(32-3)8-6-9-21(22)33-24/h6,8-13,17H,4-5,7,14-16H2,1-3H3. The minimum Gasteiger partial charge on any atom is -0.495 e. The summed E-state index contributed by atoms with van der Waals surface area (Å²) in [5.74, 6) is 0.257. The van der Waals surface area contributed by atoms with Gasteiger partial charge in [0.25, 0.3) is 5.91 Å². The first kappa shape index (κ1) is 24.6. The zero-order valence-corrected chi connectivity index (χ0v) is 21.2. The molecule has 0 aliphatic carbocycles. The van der Waals surface area contributed by atoms with Crippen molar-refractivity contribution in [2.45, 2.75) is 43.7 Å². The number of hydrogen-bond acceptors (Lipinski definition) is 6. The van der Waals surface area contributed by atoms with Gasteiger partial charge in [0, 0.05) is 31.8 Å². The van der Waals surface area contributed by atoms with E-state index < -0.39 is 15.9 Å². The summed E-state index contributed by atoms with van der Waals surface area (Å²) in [6.45, 7) is 3.42. The van der Waals surface area contributed by atoms with Gasteiger partial charge in [-0.2, -0.15) is 9.30 Å². The molecule has 182 valence electrons. The van der Waals surface area contributed by atoms with Gasteiger partial charge < -0.3 is 14.0 Å². The quantitative estimate of drug-likeness (QED) is 0.491. The molecule has 1 aliphatic rings. The van der Waals surface area contributed by atoms with Crippen LogP contribution in [0.4, 0.5) is 0 Å². The number of rotatable bonds is 7. The summed E-state index contributed by atoms with van der Waals surface area (Å²) in [4.78, 5) is 18.1. The molecule has 1 aromatic heterocycles. The van der Waals surface area contributed by atoms with Gasteiger partial charge in [0.05, 0.1) is 23.3 Å². The molecule has 4 rings (SSSR count). The summed E-state index contributed by atoms with van der Waals surface area (Å²) in [5, 5.41) is 0. The van der Waals surface area contributed by atoms with Crippen LogP contribution in [0.1, 0.15) is 36.5 Å². The van der Waals surface area contributed by atoms with E-state index in [1.54, 1.807) is 18.5 Å². The number of benzene rings is 2. The lowest BCUT2D eigenvalue weighted by atomic mass is 10.1. The smallest absolute Gasteiger partial charge is 0.279 e. The van der Waals surface area contributed by atoms with Crippen LogP contribution < -0.4 is 9.54 Å². The zero-order chi connectivity index (χ0) is 24.3. The maximum atomic E-state index is 13.1. The molecule has 1 saturated heterocycles. The topological polar surface area (TPSA) is 90.2 Å². The van der Waals surface area contributed by atoms with E-state index in [0.717, 1.165) is 29.5 Å². The van der Waals surface area contributed by atoms with Gasteiger partial charge in [0.2, 0.25) is 10.0 Å². The Morgan fingerprint density at radius 1 is 1.15 bits per heavy atom. The Hall–Kier alpha value is -2.53. The lowest BCUT2D eigenvalue weighted by Crippen LogP contribution is -2.41. The molecule has 2 aromatic carbocycles. The first-order chi connectivity index (χ1) is 16.4. The van der Waals surface area contributed by atoms with Crippen LogP contribution in [0.25, 0.3) is 10.2 Å². The van der Waals surface area contributed by atoms with Gasteiger partial charge in [-0.05, 0) is 56.2 Å². The first-order valence-corrected chi connectivity index (χ1v) is 13.5. The third kappa shape index (κ3) is 4.81. The van der Waals surface area contributed by atoms with Gasteiger partial charge in [-0.3, -0.25) is 4.79 Å². The minimum absolute atomic E-state index is 0.0254. The molecule has 1 atom stereocenters. The van der Waals surface area contributed by atoms with E-state index in [4.69, 9.17) is 9.47 Å². The fourth-order valence-corrected chi connectivity index (χ4v) is 6.99. The Morgan fingerprint density at radius 2 is 1.91 bits per heavy atom. The molecular weight excluding hydrogens is 474 g/mol. The van der Waals surface area contributed by atoms with Crippen LogP contribution in [0.2, 0.25) is 0 Å². The highest BCUT2D eigenvalue weighted by atomic mass is 32.2. The lowest BCUT2D eigenvalue weighted by Gasteiger charge is -2.32. The molecule has 10 heteroatoms. The summed E-state index contributed by atoms with van der Waals surface area (Å²) in [7, 11) is -0.367. The lowest BCUT2D eigenvalue weighted by molar-refractivity contribution is 0.0997. The Labute approximate surface area is 203 Å². The Balaban J connectivity index is 1.67. The number of aromatic nitrogens is 1. The first-order valence-electron chi connectivity index (χ1n) is 11.2. The average molecular weight is 504 g/mol. The monoisotopic (exact) mass is 503 g/mol. The maximum absolute atomic E-state index is 13.1. The molecule has 1 amide bonds. The van der Waals surface area contributed by atoms with Gasteiger partial charge in [0.1, 0.15) is 11.3 Å². The molecule has 1 fully saturated rings. The van der Waals surface area contributed by atoms with Crippen molar-refractivity contribution in [3.05, 3.63) is 52.8 Å². The molecule has 0 saturated carbocycles. The van der Waals surface area contributed by atoms with Crippen molar-refractivity contribution in [1.82, 2.24) is 8.87 Å². The van der Waals surface area contributed by atoms with Gasteiger partial charge in [-0.25, -0.2) is 8.42 Å². The molecule has 0 spiro atoms. The summed E-state index contributed by atoms with van der Waals surface area (Å²) in [6.07, 6.45) is 2.76. The third-order valence-electron chi connectivity index (χ3n) is 6.05. The number of fused-ring (bicyclic) bond motifs is 1. The molecule has 2 heterocycles. The van der Waals surface area contributed by atoms with Gasteiger partial charge in [-0.15, -0.1) is 0 Å². The van der Waals surface area contributed by atoms with Crippen molar-refractivity contribution in [3.63, 3.8) is 0 Å². The fraction of sp³-hybridized carbons (Fsp3) is 0.417. The van der Waals surface area contributed by atoms with Crippen molar-refractivity contribution < 1.29 is 22.7 Å². The second-order valence-corrected chi connectivity index (χ2v) is 11.1. The van der Waals surface area contributed by atoms with E-state index in [1.165, 1.54) is 35.6 Å². The molecule has 0 N–H and O–H groups in total. The molecular formula is C24H29N3O5S2. The third-order valence-corrected chi connectivity index (χ3v) is 9.12. The summed E-state index contributed by atoms with van der Waals surface area (Å²) in [5.41, 5.74) is 1.18. The van der Waals surface area contributed by atoms with E-state index in [-0.39, 0.29) is 10.9 Å². The van der Waals surface area contributed by atoms with Crippen molar-refractivity contribution in [1.29, 1.82) is 0 Å². The predicted molar refractivity (Wildman–Crippen MR) is 132 cm³/mol. The second kappa shape index (κ2) is 10.4. The van der Waals surface area contributed by atoms with Crippen LogP contribution in [-0.2, 0) is 21.3 Å². The zero-order valence-electron chi connectivity index (χ0n) is 19.6. The summed E-state index contributed by atoms with van der Waals surface area (Å²) < 4.78 is 41.3. The number of nitrogens with zero attached hydrogens (tertiary/aromatic N) is 3. The van der Waals surface area contributed by atoms with E-state index in [2.05, 4.69) is 4.99 Å². The molecule has 0 radical (unpaired) electrons. The van der Waals surface area contributed by atoms with E-state index >= 15 is 0 Å². The van der Waals surface area contributed by atoms with Crippen LogP contribution in [0.5, 0.6) is 5.75 Å². The van der Waals surface area contributed by atoms with Crippen molar-refractivity contribution in [2.75, 3.05) is 27.4 Å². The molecule has 8 nitrogen and oxygen atoms in total. The van der Waals surface area contributed by atoms with Crippen molar-refractivity contribution in [3.8, 4) is 5.75 Å².